The number of benzene rings is 1. The van der Waals surface area contributed by atoms with Gasteiger partial charge in [0, 0.05) is 11.6 Å². The Kier molecular flexibility index (Phi) is 6.40. The van der Waals surface area contributed by atoms with E-state index in [1.807, 2.05) is 0 Å². The summed E-state index contributed by atoms with van der Waals surface area (Å²) in [5.74, 6) is -1.27. The molecule has 0 aliphatic heterocycles. The number of hydrogen-bond donors (Lipinski definition) is 2. The quantitative estimate of drug-likeness (QED) is 0.549. The van der Waals surface area contributed by atoms with Crippen LogP contribution in [0.2, 0.25) is 5.02 Å². The molecule has 0 unspecified atom stereocenters. The van der Waals surface area contributed by atoms with Gasteiger partial charge in [-0.05, 0) is 48.5 Å². The van der Waals surface area contributed by atoms with Crippen LogP contribution in [0.4, 0.5) is 0 Å². The molecular formula is C19H17ClN2O6S. The van der Waals surface area contributed by atoms with E-state index in [-0.39, 0.29) is 23.7 Å². The number of carbonyl (C=O) groups excluding carboxylic acids is 2. The number of halogens is 1. The van der Waals surface area contributed by atoms with Crippen molar-refractivity contribution in [3.8, 4) is 0 Å². The lowest BCUT2D eigenvalue weighted by Crippen LogP contribution is -2.42. The van der Waals surface area contributed by atoms with Gasteiger partial charge < -0.3 is 19.5 Å². The van der Waals surface area contributed by atoms with E-state index in [2.05, 4.69) is 10.6 Å². The Morgan fingerprint density at radius 1 is 0.931 bits per heavy atom. The fourth-order valence-corrected chi connectivity index (χ4v) is 4.27. The van der Waals surface area contributed by atoms with Crippen LogP contribution in [0.15, 0.2) is 74.8 Å². The zero-order valence-corrected chi connectivity index (χ0v) is 16.6. The SMILES string of the molecule is O=C(NCc1ccco1)C(=O)NC[C@@H](c1ccco1)S(=O)(=O)c1ccc(Cl)cc1. The zero-order chi connectivity index (χ0) is 20.9. The molecule has 2 aromatic heterocycles. The molecule has 10 heteroatoms. The third-order valence-corrected chi connectivity index (χ3v) is 6.36. The van der Waals surface area contributed by atoms with Crippen molar-refractivity contribution in [1.29, 1.82) is 0 Å². The zero-order valence-electron chi connectivity index (χ0n) is 15.0. The first-order chi connectivity index (χ1) is 13.9. The Bertz CT molecular complexity index is 1060. The van der Waals surface area contributed by atoms with Crippen LogP contribution >= 0.6 is 11.6 Å². The predicted octanol–water partition coefficient (Wildman–Crippen LogP) is 2.47. The molecule has 2 N–H and O–H groups in total. The van der Waals surface area contributed by atoms with Gasteiger partial charge in [0.05, 0.1) is 24.0 Å². The van der Waals surface area contributed by atoms with Gasteiger partial charge in [0.25, 0.3) is 0 Å². The van der Waals surface area contributed by atoms with Crippen molar-refractivity contribution < 1.29 is 26.8 Å². The second-order valence-electron chi connectivity index (χ2n) is 5.98. The normalized spacial score (nSPS) is 12.3. The van der Waals surface area contributed by atoms with Crippen LogP contribution in [0.1, 0.15) is 16.8 Å². The lowest BCUT2D eigenvalue weighted by Gasteiger charge is -2.16. The van der Waals surface area contributed by atoms with E-state index in [1.165, 1.54) is 48.9 Å². The third-order valence-electron chi connectivity index (χ3n) is 4.03. The van der Waals surface area contributed by atoms with Gasteiger partial charge in [-0.3, -0.25) is 9.59 Å². The minimum absolute atomic E-state index is 0.0137. The standard InChI is InChI=1S/C19H17ClN2O6S/c20-13-5-7-15(8-6-13)29(25,26)17(16-4-2-10-28-16)12-22-19(24)18(23)21-11-14-3-1-9-27-14/h1-10,17H,11-12H2,(H,21,23)(H,22,24)/t17-/m0/s1. The van der Waals surface area contributed by atoms with Crippen LogP contribution in [0, 0.1) is 0 Å². The van der Waals surface area contributed by atoms with Gasteiger partial charge in [-0.1, -0.05) is 11.6 Å². The van der Waals surface area contributed by atoms with Gasteiger partial charge in [0.1, 0.15) is 16.8 Å². The van der Waals surface area contributed by atoms with E-state index in [9.17, 15) is 18.0 Å². The number of furan rings is 2. The van der Waals surface area contributed by atoms with Crippen LogP contribution < -0.4 is 10.6 Å². The average molecular weight is 437 g/mol. The average Bonchev–Trinajstić information content (AvgIpc) is 3.40. The molecule has 3 rings (SSSR count). The highest BCUT2D eigenvalue weighted by Gasteiger charge is 2.32. The Labute approximate surface area is 171 Å². The molecule has 1 aromatic carbocycles. The van der Waals surface area contributed by atoms with E-state index in [0.717, 1.165) is 0 Å². The topological polar surface area (TPSA) is 119 Å². The summed E-state index contributed by atoms with van der Waals surface area (Å²) in [5.41, 5.74) is 0. The number of hydrogen-bond acceptors (Lipinski definition) is 6. The smallest absolute Gasteiger partial charge is 0.309 e. The molecule has 29 heavy (non-hydrogen) atoms. The van der Waals surface area contributed by atoms with Crippen LogP contribution in [-0.4, -0.2) is 26.8 Å². The minimum atomic E-state index is -3.92. The summed E-state index contributed by atoms with van der Waals surface area (Å²) in [5, 5.41) is 3.90. The van der Waals surface area contributed by atoms with Gasteiger partial charge >= 0.3 is 11.8 Å². The molecule has 8 nitrogen and oxygen atoms in total. The first-order valence-electron chi connectivity index (χ1n) is 8.49. The van der Waals surface area contributed by atoms with Crippen molar-refractivity contribution in [3.05, 3.63) is 77.6 Å². The molecular weight excluding hydrogens is 420 g/mol. The van der Waals surface area contributed by atoms with Crippen molar-refractivity contribution in [2.75, 3.05) is 6.54 Å². The summed E-state index contributed by atoms with van der Waals surface area (Å²) >= 11 is 5.82. The minimum Gasteiger partial charge on any atom is -0.468 e. The monoisotopic (exact) mass is 436 g/mol. The molecule has 0 radical (unpaired) electrons. The molecule has 0 saturated heterocycles. The van der Waals surface area contributed by atoms with Crippen molar-refractivity contribution in [2.45, 2.75) is 16.7 Å². The number of amides is 2. The first kappa shape index (κ1) is 20.7. The molecule has 1 atom stereocenters. The molecule has 0 bridgehead atoms. The van der Waals surface area contributed by atoms with Gasteiger partial charge in [-0.25, -0.2) is 8.42 Å². The van der Waals surface area contributed by atoms with Gasteiger partial charge in [-0.2, -0.15) is 0 Å². The van der Waals surface area contributed by atoms with Gasteiger partial charge in [0.2, 0.25) is 0 Å². The van der Waals surface area contributed by atoms with E-state index in [1.54, 1.807) is 12.1 Å². The van der Waals surface area contributed by atoms with Crippen molar-refractivity contribution >= 4 is 33.3 Å². The van der Waals surface area contributed by atoms with Crippen LogP contribution in [-0.2, 0) is 26.0 Å². The van der Waals surface area contributed by atoms with E-state index >= 15 is 0 Å². The Morgan fingerprint density at radius 3 is 2.21 bits per heavy atom. The maximum Gasteiger partial charge on any atom is 0.309 e. The Hall–Kier alpha value is -3.04. The van der Waals surface area contributed by atoms with E-state index < -0.39 is 26.9 Å². The summed E-state index contributed by atoms with van der Waals surface area (Å²) < 4.78 is 36.4. The lowest BCUT2D eigenvalue weighted by atomic mass is 10.3. The summed E-state index contributed by atoms with van der Waals surface area (Å²) in [4.78, 5) is 24.0. The maximum absolute atomic E-state index is 13.0. The van der Waals surface area contributed by atoms with E-state index in [0.29, 0.717) is 10.8 Å². The van der Waals surface area contributed by atoms with Crippen LogP contribution in [0.3, 0.4) is 0 Å². The maximum atomic E-state index is 13.0. The second-order valence-corrected chi connectivity index (χ2v) is 8.54. The number of nitrogens with one attached hydrogen (secondary N) is 2. The first-order valence-corrected chi connectivity index (χ1v) is 10.4. The highest BCUT2D eigenvalue weighted by atomic mass is 35.5. The molecule has 0 saturated carbocycles. The summed E-state index contributed by atoms with van der Waals surface area (Å²) in [6.07, 6.45) is 2.77. The number of rotatable bonds is 7. The number of carbonyl (C=O) groups is 2. The fourth-order valence-electron chi connectivity index (χ4n) is 2.55. The molecule has 2 heterocycles. The molecule has 0 fully saturated rings. The van der Waals surface area contributed by atoms with E-state index in [4.69, 9.17) is 20.4 Å². The highest BCUT2D eigenvalue weighted by molar-refractivity contribution is 7.91. The highest BCUT2D eigenvalue weighted by Crippen LogP contribution is 2.29. The Morgan fingerprint density at radius 2 is 1.59 bits per heavy atom. The largest absolute Gasteiger partial charge is 0.468 e. The summed E-state index contributed by atoms with van der Waals surface area (Å²) in [6, 6.07) is 12.0. The second kappa shape index (κ2) is 8.97. The molecule has 3 aromatic rings. The van der Waals surface area contributed by atoms with Crippen molar-refractivity contribution in [3.63, 3.8) is 0 Å². The molecule has 0 spiro atoms. The number of sulfone groups is 1. The molecule has 152 valence electrons. The molecule has 0 aliphatic carbocycles. The van der Waals surface area contributed by atoms with Crippen LogP contribution in [0.5, 0.6) is 0 Å². The van der Waals surface area contributed by atoms with Crippen molar-refractivity contribution in [2.24, 2.45) is 0 Å². The predicted molar refractivity (Wildman–Crippen MR) is 104 cm³/mol. The lowest BCUT2D eigenvalue weighted by molar-refractivity contribution is -0.139. The van der Waals surface area contributed by atoms with Gasteiger partial charge in [-0.15, -0.1) is 0 Å². The molecule has 0 aliphatic rings. The van der Waals surface area contributed by atoms with Crippen LogP contribution in [0.25, 0.3) is 0 Å². The van der Waals surface area contributed by atoms with Gasteiger partial charge in [0.15, 0.2) is 9.84 Å². The van der Waals surface area contributed by atoms with Crippen molar-refractivity contribution in [1.82, 2.24) is 10.6 Å². The fraction of sp³-hybridized carbons (Fsp3) is 0.158. The third kappa shape index (κ3) is 5.07. The summed E-state index contributed by atoms with van der Waals surface area (Å²) in [6.45, 7) is -0.324. The summed E-state index contributed by atoms with van der Waals surface area (Å²) in [7, 11) is -3.92. The molecule has 2 amide bonds. The Balaban J connectivity index is 1.70.